The largest absolute Gasteiger partial charge is 0.357 e. The van der Waals surface area contributed by atoms with Crippen molar-refractivity contribution in [3.05, 3.63) is 5.82 Å². The van der Waals surface area contributed by atoms with E-state index < -0.39 is 0 Å². The van der Waals surface area contributed by atoms with Gasteiger partial charge in [0.25, 0.3) is 0 Å². The van der Waals surface area contributed by atoms with Crippen LogP contribution in [0.2, 0.25) is 0 Å². The monoisotopic (exact) mass is 237 g/mol. The zero-order chi connectivity index (χ0) is 12.5. The molecule has 0 amide bonds. The second-order valence-electron chi connectivity index (χ2n) is 5.42. The summed E-state index contributed by atoms with van der Waals surface area (Å²) in [5.41, 5.74) is 0.0598. The number of piperidine rings is 1. The third kappa shape index (κ3) is 2.16. The number of hydrogen-bond acceptors (Lipinski definition) is 4. The molecule has 1 aliphatic rings. The molecule has 5 heteroatoms. The molecule has 1 aliphatic heterocycles. The first-order chi connectivity index (χ1) is 8.07. The fraction of sp³-hybridized carbons (Fsp3) is 0.833. The summed E-state index contributed by atoms with van der Waals surface area (Å²) < 4.78 is 2.06. The molecule has 1 aromatic rings. The van der Waals surface area contributed by atoms with Gasteiger partial charge in [-0.2, -0.15) is 0 Å². The van der Waals surface area contributed by atoms with E-state index in [0.717, 1.165) is 24.9 Å². The number of nitrogens with zero attached hydrogens (tertiary/aromatic N) is 3. The summed E-state index contributed by atoms with van der Waals surface area (Å²) >= 11 is 0. The SMILES string of the molecule is CNc1nnc(C(C)(C)C2CCCNC2)n1C. The molecule has 1 unspecified atom stereocenters. The van der Waals surface area contributed by atoms with Gasteiger partial charge in [-0.3, -0.25) is 0 Å². The van der Waals surface area contributed by atoms with Crippen LogP contribution in [-0.2, 0) is 12.5 Å². The van der Waals surface area contributed by atoms with E-state index >= 15 is 0 Å². The Morgan fingerprint density at radius 3 is 2.71 bits per heavy atom. The Hall–Kier alpha value is -1.10. The molecule has 5 nitrogen and oxygen atoms in total. The quantitative estimate of drug-likeness (QED) is 0.827. The topological polar surface area (TPSA) is 54.8 Å². The number of anilines is 1. The fourth-order valence-electron chi connectivity index (χ4n) is 2.76. The summed E-state index contributed by atoms with van der Waals surface area (Å²) in [6, 6.07) is 0. The highest BCUT2D eigenvalue weighted by atomic mass is 15.3. The summed E-state index contributed by atoms with van der Waals surface area (Å²) in [4.78, 5) is 0. The fourth-order valence-corrected chi connectivity index (χ4v) is 2.76. The van der Waals surface area contributed by atoms with Crippen LogP contribution in [0.15, 0.2) is 0 Å². The van der Waals surface area contributed by atoms with Crippen LogP contribution in [0.4, 0.5) is 5.95 Å². The highest BCUT2D eigenvalue weighted by Gasteiger charge is 2.36. The lowest BCUT2D eigenvalue weighted by molar-refractivity contribution is 0.237. The van der Waals surface area contributed by atoms with E-state index in [0.29, 0.717) is 5.92 Å². The van der Waals surface area contributed by atoms with E-state index in [9.17, 15) is 0 Å². The average molecular weight is 237 g/mol. The van der Waals surface area contributed by atoms with Crippen LogP contribution in [0.25, 0.3) is 0 Å². The van der Waals surface area contributed by atoms with Crippen LogP contribution >= 0.6 is 0 Å². The predicted octanol–water partition coefficient (Wildman–Crippen LogP) is 1.13. The summed E-state index contributed by atoms with van der Waals surface area (Å²) in [5, 5.41) is 15.1. The number of nitrogens with one attached hydrogen (secondary N) is 2. The highest BCUT2D eigenvalue weighted by Crippen LogP contribution is 2.34. The first-order valence-corrected chi connectivity index (χ1v) is 6.35. The molecule has 0 aromatic carbocycles. The van der Waals surface area contributed by atoms with Crippen molar-refractivity contribution in [3.8, 4) is 0 Å². The van der Waals surface area contributed by atoms with Crippen molar-refractivity contribution in [2.24, 2.45) is 13.0 Å². The molecule has 0 bridgehead atoms. The first kappa shape index (κ1) is 12.4. The lowest BCUT2D eigenvalue weighted by atomic mass is 9.74. The summed E-state index contributed by atoms with van der Waals surface area (Å²) in [5.74, 6) is 2.52. The second-order valence-corrected chi connectivity index (χ2v) is 5.42. The van der Waals surface area contributed by atoms with Crippen molar-refractivity contribution < 1.29 is 0 Å². The first-order valence-electron chi connectivity index (χ1n) is 6.35. The van der Waals surface area contributed by atoms with Gasteiger partial charge < -0.3 is 15.2 Å². The van der Waals surface area contributed by atoms with Gasteiger partial charge in [-0.1, -0.05) is 13.8 Å². The Bertz CT molecular complexity index is 376. The van der Waals surface area contributed by atoms with E-state index in [1.807, 2.05) is 14.1 Å². The zero-order valence-corrected chi connectivity index (χ0v) is 11.2. The van der Waals surface area contributed by atoms with E-state index in [2.05, 4.69) is 39.2 Å². The number of rotatable bonds is 3. The van der Waals surface area contributed by atoms with Gasteiger partial charge in [0.05, 0.1) is 0 Å². The van der Waals surface area contributed by atoms with Gasteiger partial charge in [0, 0.05) is 19.5 Å². The molecule has 0 aliphatic carbocycles. The van der Waals surface area contributed by atoms with E-state index in [-0.39, 0.29) is 5.41 Å². The van der Waals surface area contributed by atoms with Crippen LogP contribution in [0.1, 0.15) is 32.5 Å². The molecule has 17 heavy (non-hydrogen) atoms. The molecule has 96 valence electrons. The zero-order valence-electron chi connectivity index (χ0n) is 11.2. The lowest BCUT2D eigenvalue weighted by Gasteiger charge is -2.36. The van der Waals surface area contributed by atoms with Gasteiger partial charge in [-0.15, -0.1) is 10.2 Å². The highest BCUT2D eigenvalue weighted by molar-refractivity contribution is 5.26. The molecule has 1 aromatic heterocycles. The van der Waals surface area contributed by atoms with Crippen molar-refractivity contribution in [1.29, 1.82) is 0 Å². The number of aromatic nitrogens is 3. The van der Waals surface area contributed by atoms with Crippen LogP contribution in [0.5, 0.6) is 0 Å². The van der Waals surface area contributed by atoms with Crippen molar-refractivity contribution in [2.75, 3.05) is 25.5 Å². The van der Waals surface area contributed by atoms with Crippen LogP contribution in [0.3, 0.4) is 0 Å². The van der Waals surface area contributed by atoms with Crippen molar-refractivity contribution in [3.63, 3.8) is 0 Å². The van der Waals surface area contributed by atoms with Gasteiger partial charge >= 0.3 is 0 Å². The van der Waals surface area contributed by atoms with E-state index in [1.165, 1.54) is 12.8 Å². The summed E-state index contributed by atoms with van der Waals surface area (Å²) in [6.45, 7) is 6.77. The van der Waals surface area contributed by atoms with E-state index in [4.69, 9.17) is 0 Å². The smallest absolute Gasteiger partial charge is 0.224 e. The van der Waals surface area contributed by atoms with Gasteiger partial charge in [0.2, 0.25) is 5.95 Å². The maximum atomic E-state index is 4.36. The van der Waals surface area contributed by atoms with Crippen LogP contribution in [-0.4, -0.2) is 34.9 Å². The molecule has 2 rings (SSSR count). The summed E-state index contributed by atoms with van der Waals surface area (Å²) in [7, 11) is 3.90. The molecule has 1 atom stereocenters. The van der Waals surface area contributed by atoms with E-state index in [1.54, 1.807) is 0 Å². The minimum Gasteiger partial charge on any atom is -0.357 e. The molecule has 0 spiro atoms. The van der Waals surface area contributed by atoms with Crippen LogP contribution < -0.4 is 10.6 Å². The lowest BCUT2D eigenvalue weighted by Crippen LogP contribution is -2.42. The molecular weight excluding hydrogens is 214 g/mol. The Kier molecular flexibility index (Phi) is 3.38. The Morgan fingerprint density at radius 1 is 1.41 bits per heavy atom. The van der Waals surface area contributed by atoms with Gasteiger partial charge in [-0.05, 0) is 31.8 Å². The maximum absolute atomic E-state index is 4.36. The molecule has 0 saturated carbocycles. The maximum Gasteiger partial charge on any atom is 0.224 e. The molecule has 1 saturated heterocycles. The Balaban J connectivity index is 2.26. The van der Waals surface area contributed by atoms with Crippen LogP contribution in [0, 0.1) is 5.92 Å². The van der Waals surface area contributed by atoms with Gasteiger partial charge in [0.1, 0.15) is 5.82 Å². The second kappa shape index (κ2) is 4.64. The van der Waals surface area contributed by atoms with Gasteiger partial charge in [-0.25, -0.2) is 0 Å². The molecular formula is C12H23N5. The standard InChI is InChI=1S/C12H23N5/c1-12(2,9-6-5-7-14-8-9)10-15-16-11(13-3)17(10)4/h9,14H,5-8H2,1-4H3,(H,13,16). The molecule has 1 fully saturated rings. The van der Waals surface area contributed by atoms with Crippen molar-refractivity contribution in [2.45, 2.75) is 32.1 Å². The van der Waals surface area contributed by atoms with Crippen molar-refractivity contribution >= 4 is 5.95 Å². The molecule has 2 heterocycles. The van der Waals surface area contributed by atoms with Crippen molar-refractivity contribution in [1.82, 2.24) is 20.1 Å². The molecule has 2 N–H and O–H groups in total. The third-order valence-electron chi connectivity index (χ3n) is 3.99. The Morgan fingerprint density at radius 2 is 2.18 bits per heavy atom. The number of hydrogen-bond donors (Lipinski definition) is 2. The van der Waals surface area contributed by atoms with Gasteiger partial charge in [0.15, 0.2) is 0 Å². The summed E-state index contributed by atoms with van der Waals surface area (Å²) in [6.07, 6.45) is 2.52. The Labute approximate surface area is 103 Å². The minimum atomic E-state index is 0.0598. The normalized spacial score (nSPS) is 21.5. The third-order valence-corrected chi connectivity index (χ3v) is 3.99. The predicted molar refractivity (Wildman–Crippen MR) is 69.2 cm³/mol. The minimum absolute atomic E-state index is 0.0598. The average Bonchev–Trinajstić information content (AvgIpc) is 2.72. The molecule has 0 radical (unpaired) electrons.